The number of hydrogen-bond donors (Lipinski definition) is 2. The van der Waals surface area contributed by atoms with E-state index in [0.717, 1.165) is 15.6 Å². The van der Waals surface area contributed by atoms with Crippen LogP contribution in [0.1, 0.15) is 11.1 Å². The number of phenols is 1. The van der Waals surface area contributed by atoms with Gasteiger partial charge >= 0.3 is 0 Å². The highest BCUT2D eigenvalue weighted by Gasteiger charge is 2.13. The maximum Gasteiger partial charge on any atom is 0.216 e. The standard InChI is InChI=1S/C16H11Br3N4OS/c1-8-2-4-9(5-3-8)15-21-22-16(25)23(15)20-7-10-11(17)6-12(18)14(24)13(10)19/h2-7,24H,1H3,(H,22,25)/b20-7-. The summed E-state index contributed by atoms with van der Waals surface area (Å²) in [5.41, 5.74) is 2.73. The molecular weight excluding hydrogens is 536 g/mol. The average Bonchev–Trinajstić information content (AvgIpc) is 2.94. The first-order valence-corrected chi connectivity index (χ1v) is 9.82. The molecule has 5 nitrogen and oxygen atoms in total. The van der Waals surface area contributed by atoms with E-state index >= 15 is 0 Å². The lowest BCUT2D eigenvalue weighted by Gasteiger charge is -2.07. The van der Waals surface area contributed by atoms with Crippen LogP contribution < -0.4 is 0 Å². The molecule has 2 N–H and O–H groups in total. The summed E-state index contributed by atoms with van der Waals surface area (Å²) in [6.07, 6.45) is 1.60. The Hall–Kier alpha value is -1.29. The second-order valence-corrected chi connectivity index (χ2v) is 8.08. The van der Waals surface area contributed by atoms with E-state index in [1.54, 1.807) is 12.3 Å². The molecule has 25 heavy (non-hydrogen) atoms. The smallest absolute Gasteiger partial charge is 0.216 e. The van der Waals surface area contributed by atoms with Gasteiger partial charge in [0.15, 0.2) is 5.82 Å². The maximum absolute atomic E-state index is 10.1. The molecule has 0 unspecified atom stereocenters. The van der Waals surface area contributed by atoms with Crippen LogP contribution in [-0.4, -0.2) is 26.2 Å². The molecule has 2 aromatic carbocycles. The number of nitrogens with one attached hydrogen (secondary N) is 1. The Labute approximate surface area is 174 Å². The van der Waals surface area contributed by atoms with Gasteiger partial charge in [-0.1, -0.05) is 45.8 Å². The van der Waals surface area contributed by atoms with Crippen molar-refractivity contribution in [3.8, 4) is 17.1 Å². The number of aromatic amines is 1. The van der Waals surface area contributed by atoms with E-state index in [2.05, 4.69) is 63.1 Å². The molecule has 0 aliphatic carbocycles. The van der Waals surface area contributed by atoms with Crippen LogP contribution in [0.3, 0.4) is 0 Å². The quantitative estimate of drug-likeness (QED) is 0.323. The summed E-state index contributed by atoms with van der Waals surface area (Å²) in [7, 11) is 0. The van der Waals surface area contributed by atoms with Gasteiger partial charge in [-0.25, -0.2) is 5.10 Å². The summed E-state index contributed by atoms with van der Waals surface area (Å²) >= 11 is 15.4. The molecule has 0 saturated heterocycles. The van der Waals surface area contributed by atoms with E-state index in [9.17, 15) is 5.11 Å². The highest BCUT2D eigenvalue weighted by molar-refractivity contribution is 9.11. The number of rotatable bonds is 3. The summed E-state index contributed by atoms with van der Waals surface area (Å²) in [4.78, 5) is 0. The van der Waals surface area contributed by atoms with Crippen molar-refractivity contribution in [2.75, 3.05) is 0 Å². The molecule has 0 aliphatic rings. The van der Waals surface area contributed by atoms with Crippen molar-refractivity contribution in [3.63, 3.8) is 0 Å². The fourth-order valence-corrected chi connectivity index (χ4v) is 4.62. The molecule has 0 fully saturated rings. The molecular formula is C16H11Br3N4OS. The van der Waals surface area contributed by atoms with Gasteiger partial charge in [-0.05, 0) is 57.1 Å². The van der Waals surface area contributed by atoms with E-state index < -0.39 is 0 Å². The van der Waals surface area contributed by atoms with E-state index in [-0.39, 0.29) is 5.75 Å². The largest absolute Gasteiger partial charge is 0.506 e. The minimum Gasteiger partial charge on any atom is -0.506 e. The Morgan fingerprint density at radius 1 is 1.20 bits per heavy atom. The van der Waals surface area contributed by atoms with Crippen LogP contribution in [-0.2, 0) is 0 Å². The number of hydrogen-bond acceptors (Lipinski definition) is 4. The van der Waals surface area contributed by atoms with Gasteiger partial charge in [0.25, 0.3) is 0 Å². The summed E-state index contributed by atoms with van der Waals surface area (Å²) in [5.74, 6) is 0.703. The second kappa shape index (κ2) is 7.53. The third-order valence-electron chi connectivity index (χ3n) is 3.44. The van der Waals surface area contributed by atoms with Crippen LogP contribution in [0.15, 0.2) is 48.9 Å². The molecule has 3 aromatic rings. The van der Waals surface area contributed by atoms with Crippen molar-refractivity contribution in [2.24, 2.45) is 5.10 Å². The zero-order valence-corrected chi connectivity index (χ0v) is 18.4. The summed E-state index contributed by atoms with van der Waals surface area (Å²) in [6, 6.07) is 9.67. The Bertz CT molecular complexity index is 1030. The van der Waals surface area contributed by atoms with Crippen LogP contribution >= 0.6 is 60.0 Å². The van der Waals surface area contributed by atoms with Gasteiger partial charge in [-0.2, -0.15) is 14.9 Å². The van der Waals surface area contributed by atoms with Gasteiger partial charge in [0.2, 0.25) is 4.77 Å². The van der Waals surface area contributed by atoms with Gasteiger partial charge in [0.1, 0.15) is 5.75 Å². The normalized spacial score (nSPS) is 11.4. The zero-order valence-electron chi connectivity index (χ0n) is 12.8. The molecule has 1 aromatic heterocycles. The van der Waals surface area contributed by atoms with Crippen LogP contribution in [0.2, 0.25) is 0 Å². The fourth-order valence-electron chi connectivity index (χ4n) is 2.12. The van der Waals surface area contributed by atoms with Crippen LogP contribution in [0.5, 0.6) is 5.75 Å². The first-order chi connectivity index (χ1) is 11.9. The Kier molecular flexibility index (Phi) is 5.57. The third kappa shape index (κ3) is 3.79. The predicted molar refractivity (Wildman–Crippen MR) is 112 cm³/mol. The van der Waals surface area contributed by atoms with E-state index in [1.807, 2.05) is 31.2 Å². The van der Waals surface area contributed by atoms with Crippen molar-refractivity contribution in [1.29, 1.82) is 0 Å². The van der Waals surface area contributed by atoms with Crippen LogP contribution in [0.4, 0.5) is 0 Å². The molecule has 128 valence electrons. The van der Waals surface area contributed by atoms with Crippen molar-refractivity contribution >= 4 is 66.2 Å². The molecule has 0 atom stereocenters. The van der Waals surface area contributed by atoms with Gasteiger partial charge in [-0.15, -0.1) is 0 Å². The highest BCUT2D eigenvalue weighted by Crippen LogP contribution is 2.38. The molecule has 0 bridgehead atoms. The number of phenolic OH excluding ortho intramolecular Hbond substituents is 1. The molecule has 1 heterocycles. The maximum atomic E-state index is 10.1. The molecule has 0 spiro atoms. The van der Waals surface area contributed by atoms with E-state index in [4.69, 9.17) is 12.2 Å². The number of benzene rings is 2. The monoisotopic (exact) mass is 544 g/mol. The fraction of sp³-hybridized carbons (Fsp3) is 0.0625. The van der Waals surface area contributed by atoms with Crippen molar-refractivity contribution in [3.05, 3.63) is 59.6 Å². The van der Waals surface area contributed by atoms with Gasteiger partial charge in [0.05, 0.1) is 15.2 Å². The average molecular weight is 547 g/mol. The number of nitrogens with zero attached hydrogens (tertiary/aromatic N) is 3. The van der Waals surface area contributed by atoms with Crippen molar-refractivity contribution < 1.29 is 5.11 Å². The topological polar surface area (TPSA) is 66.2 Å². The Morgan fingerprint density at radius 3 is 2.56 bits per heavy atom. The number of aryl methyl sites for hydroxylation is 1. The molecule has 0 aliphatic heterocycles. The van der Waals surface area contributed by atoms with E-state index in [1.165, 1.54) is 4.68 Å². The minimum absolute atomic E-state index is 0.0965. The van der Waals surface area contributed by atoms with Gasteiger partial charge in [0, 0.05) is 15.6 Å². The predicted octanol–water partition coefficient (Wildman–Crippen LogP) is 5.79. The summed E-state index contributed by atoms with van der Waals surface area (Å²) in [5, 5.41) is 21.5. The Morgan fingerprint density at radius 2 is 1.88 bits per heavy atom. The second-order valence-electron chi connectivity index (χ2n) is 5.19. The van der Waals surface area contributed by atoms with Crippen LogP contribution in [0, 0.1) is 11.7 Å². The lowest BCUT2D eigenvalue weighted by atomic mass is 10.1. The summed E-state index contributed by atoms with van der Waals surface area (Å²) < 4.78 is 3.77. The lowest BCUT2D eigenvalue weighted by molar-refractivity contribution is 0.468. The lowest BCUT2D eigenvalue weighted by Crippen LogP contribution is -1.96. The van der Waals surface area contributed by atoms with Crippen LogP contribution in [0.25, 0.3) is 11.4 Å². The highest BCUT2D eigenvalue weighted by atomic mass is 79.9. The van der Waals surface area contributed by atoms with Gasteiger partial charge < -0.3 is 5.11 Å². The number of H-pyrrole nitrogens is 1. The van der Waals surface area contributed by atoms with Gasteiger partial charge in [-0.3, -0.25) is 0 Å². The number of aromatic hydroxyl groups is 1. The number of aromatic nitrogens is 3. The molecule has 3 rings (SSSR count). The van der Waals surface area contributed by atoms with Crippen molar-refractivity contribution in [2.45, 2.75) is 6.92 Å². The molecule has 0 radical (unpaired) electrons. The van der Waals surface area contributed by atoms with Crippen molar-refractivity contribution in [1.82, 2.24) is 14.9 Å². The first-order valence-electron chi connectivity index (χ1n) is 7.03. The Balaban J connectivity index is 2.07. The number of halogens is 3. The SMILES string of the molecule is Cc1ccc(-c2n[nH]c(=S)n2/N=C\c2c(Br)cc(Br)c(O)c2Br)cc1. The molecule has 0 amide bonds. The van der Waals surface area contributed by atoms with E-state index in [0.29, 0.717) is 25.1 Å². The third-order valence-corrected chi connectivity index (χ3v) is 5.77. The summed E-state index contributed by atoms with van der Waals surface area (Å²) in [6.45, 7) is 2.02. The molecule has 0 saturated carbocycles. The molecule has 9 heteroatoms. The minimum atomic E-state index is 0.0965. The zero-order chi connectivity index (χ0) is 18.1. The first kappa shape index (κ1) is 18.5.